The Kier molecular flexibility index (Phi) is 8.00. The predicted octanol–water partition coefficient (Wildman–Crippen LogP) is -1.41. The molecule has 0 aromatic carbocycles. The van der Waals surface area contributed by atoms with Gasteiger partial charge in [0.15, 0.2) is 0 Å². The van der Waals surface area contributed by atoms with Crippen LogP contribution in [0.25, 0.3) is 0 Å². The maximum atomic E-state index is 10.3. The van der Waals surface area contributed by atoms with Gasteiger partial charge in [0.1, 0.15) is 6.04 Å². The van der Waals surface area contributed by atoms with E-state index < -0.39 is 36.9 Å². The molecule has 0 unspecified atom stereocenters. The summed E-state index contributed by atoms with van der Waals surface area (Å²) in [4.78, 5) is 30.4. The first-order valence-electron chi connectivity index (χ1n) is 3.33. The van der Waals surface area contributed by atoms with Crippen molar-refractivity contribution < 1.29 is 46.5 Å². The average Bonchev–Trinajstić information content (AvgIpc) is 1.96. The third-order valence-corrected chi connectivity index (χ3v) is 1.18. The molecule has 14 heavy (non-hydrogen) atoms. The molecule has 0 aliphatic rings. The fourth-order valence-electron chi connectivity index (χ4n) is 0.632. The van der Waals surface area contributed by atoms with Crippen LogP contribution in [0.5, 0.6) is 0 Å². The fraction of sp³-hybridized carbons (Fsp3) is 0.500. The number of nitrogens with one attached hydrogen (secondary N) is 1. The molecule has 83 valence electrons. The third-order valence-electron chi connectivity index (χ3n) is 1.18. The van der Waals surface area contributed by atoms with E-state index in [9.17, 15) is 14.4 Å². The molecule has 1 radical (unpaired) electrons. The summed E-state index contributed by atoms with van der Waals surface area (Å²) in [5.41, 5.74) is 0. The van der Waals surface area contributed by atoms with Crippen LogP contribution in [0.1, 0.15) is 6.42 Å². The van der Waals surface area contributed by atoms with Crippen LogP contribution in [0.15, 0.2) is 0 Å². The van der Waals surface area contributed by atoms with E-state index in [4.69, 9.17) is 15.3 Å². The van der Waals surface area contributed by atoms with Gasteiger partial charge in [-0.05, 0) is 0 Å². The van der Waals surface area contributed by atoms with Crippen molar-refractivity contribution in [3.8, 4) is 0 Å². The Morgan fingerprint density at radius 3 is 1.86 bits per heavy atom. The summed E-state index contributed by atoms with van der Waals surface area (Å²) in [6.07, 6.45) is -0.650. The van der Waals surface area contributed by atoms with Crippen molar-refractivity contribution in [1.82, 2.24) is 5.32 Å². The van der Waals surface area contributed by atoms with Gasteiger partial charge < -0.3 is 15.3 Å². The first kappa shape index (κ1) is 15.4. The largest absolute Gasteiger partial charge is 0.481 e. The van der Waals surface area contributed by atoms with Gasteiger partial charge in [-0.25, -0.2) is 0 Å². The van der Waals surface area contributed by atoms with Crippen LogP contribution in [0.4, 0.5) is 0 Å². The van der Waals surface area contributed by atoms with Gasteiger partial charge >= 0.3 is 17.9 Å². The Labute approximate surface area is 89.3 Å². The second kappa shape index (κ2) is 7.30. The summed E-state index contributed by atoms with van der Waals surface area (Å²) in [6, 6.07) is -1.37. The molecule has 0 saturated carbocycles. The minimum absolute atomic E-state index is 0. The van der Waals surface area contributed by atoms with Gasteiger partial charge in [0.25, 0.3) is 0 Å². The normalized spacial score (nSPS) is 11.1. The molecule has 4 N–H and O–H groups in total. The SMILES string of the molecule is O=C(O)CN[C@H](CC(=O)O)C(=O)O.[Co]. The zero-order valence-electron chi connectivity index (χ0n) is 6.89. The second-order valence-corrected chi connectivity index (χ2v) is 2.26. The average molecular weight is 250 g/mol. The van der Waals surface area contributed by atoms with Crippen molar-refractivity contribution in [1.29, 1.82) is 0 Å². The van der Waals surface area contributed by atoms with Gasteiger partial charge in [0, 0.05) is 16.8 Å². The van der Waals surface area contributed by atoms with Gasteiger partial charge in [0.05, 0.1) is 13.0 Å². The van der Waals surface area contributed by atoms with Gasteiger partial charge in [-0.2, -0.15) is 0 Å². The van der Waals surface area contributed by atoms with E-state index in [1.165, 1.54) is 0 Å². The smallest absolute Gasteiger partial charge is 0.321 e. The second-order valence-electron chi connectivity index (χ2n) is 2.26. The Hall–Kier alpha value is -1.12. The van der Waals surface area contributed by atoms with E-state index in [1.54, 1.807) is 0 Å². The summed E-state index contributed by atoms with van der Waals surface area (Å²) >= 11 is 0. The van der Waals surface area contributed by atoms with Crippen molar-refractivity contribution in [2.24, 2.45) is 0 Å². The standard InChI is InChI=1S/C6H9NO6.Co/c8-4(9)1-3(6(12)13)7-2-5(10)11;/h3,7H,1-2H2,(H,8,9)(H,10,11)(H,12,13);/t3-;/m1./s1. The predicted molar refractivity (Wildman–Crippen MR) is 39.3 cm³/mol. The summed E-state index contributed by atoms with van der Waals surface area (Å²) in [7, 11) is 0. The van der Waals surface area contributed by atoms with Gasteiger partial charge in [-0.3, -0.25) is 19.7 Å². The molecule has 0 aliphatic heterocycles. The molecule has 8 heteroatoms. The van der Waals surface area contributed by atoms with Crippen LogP contribution >= 0.6 is 0 Å². The molecule has 0 aromatic rings. The van der Waals surface area contributed by atoms with Crippen LogP contribution in [0.3, 0.4) is 0 Å². The molecule has 0 bridgehead atoms. The maximum Gasteiger partial charge on any atom is 0.321 e. The van der Waals surface area contributed by atoms with Crippen molar-refractivity contribution in [3.05, 3.63) is 0 Å². The number of carboxylic acid groups (broad SMARTS) is 3. The molecule has 0 fully saturated rings. The zero-order chi connectivity index (χ0) is 10.4. The molecule has 0 amide bonds. The zero-order valence-corrected chi connectivity index (χ0v) is 7.93. The quantitative estimate of drug-likeness (QED) is 0.456. The van der Waals surface area contributed by atoms with Crippen LogP contribution < -0.4 is 5.32 Å². The number of carboxylic acids is 3. The molecular weight excluding hydrogens is 241 g/mol. The first-order valence-corrected chi connectivity index (χ1v) is 3.33. The minimum Gasteiger partial charge on any atom is -0.481 e. The monoisotopic (exact) mass is 250 g/mol. The molecule has 0 spiro atoms. The van der Waals surface area contributed by atoms with Crippen molar-refractivity contribution in [3.63, 3.8) is 0 Å². The van der Waals surface area contributed by atoms with E-state index in [1.807, 2.05) is 0 Å². The van der Waals surface area contributed by atoms with Crippen molar-refractivity contribution >= 4 is 17.9 Å². The Balaban J connectivity index is 0. The molecule has 1 atom stereocenters. The van der Waals surface area contributed by atoms with Crippen LogP contribution in [-0.2, 0) is 31.2 Å². The molecule has 0 aliphatic carbocycles. The number of rotatable bonds is 6. The van der Waals surface area contributed by atoms with E-state index in [2.05, 4.69) is 5.32 Å². The van der Waals surface area contributed by atoms with Gasteiger partial charge in [-0.1, -0.05) is 0 Å². The van der Waals surface area contributed by atoms with E-state index in [-0.39, 0.29) is 16.8 Å². The number of hydrogen-bond donors (Lipinski definition) is 4. The number of aliphatic carboxylic acids is 3. The van der Waals surface area contributed by atoms with E-state index >= 15 is 0 Å². The summed E-state index contributed by atoms with van der Waals surface area (Å²) in [5.74, 6) is -3.93. The summed E-state index contributed by atoms with van der Waals surface area (Å²) in [6.45, 7) is -0.579. The third kappa shape index (κ3) is 7.52. The minimum atomic E-state index is -1.39. The van der Waals surface area contributed by atoms with Crippen molar-refractivity contribution in [2.75, 3.05) is 6.54 Å². The van der Waals surface area contributed by atoms with Crippen LogP contribution in [0.2, 0.25) is 0 Å². The molecule has 0 heterocycles. The van der Waals surface area contributed by atoms with Crippen LogP contribution in [0, 0.1) is 0 Å². The molecule has 7 nitrogen and oxygen atoms in total. The molecule has 0 saturated heterocycles. The number of carbonyl (C=O) groups is 3. The maximum absolute atomic E-state index is 10.3. The van der Waals surface area contributed by atoms with Gasteiger partial charge in [-0.15, -0.1) is 0 Å². The molecular formula is C6H9CoNO6. The van der Waals surface area contributed by atoms with E-state index in [0.717, 1.165) is 0 Å². The summed E-state index contributed by atoms with van der Waals surface area (Å²) < 4.78 is 0. The Morgan fingerprint density at radius 2 is 1.57 bits per heavy atom. The van der Waals surface area contributed by atoms with E-state index in [0.29, 0.717) is 0 Å². The summed E-state index contributed by atoms with van der Waals surface area (Å²) in [5, 5.41) is 26.9. The Bertz CT molecular complexity index is 230. The topological polar surface area (TPSA) is 124 Å². The van der Waals surface area contributed by atoms with Gasteiger partial charge in [0.2, 0.25) is 0 Å². The first-order chi connectivity index (χ1) is 5.93. The number of hydrogen-bond acceptors (Lipinski definition) is 4. The molecule has 0 aromatic heterocycles. The Morgan fingerprint density at radius 1 is 1.07 bits per heavy atom. The fourth-order valence-corrected chi connectivity index (χ4v) is 0.632. The van der Waals surface area contributed by atoms with Crippen LogP contribution in [-0.4, -0.2) is 45.8 Å². The molecule has 0 rings (SSSR count). The van der Waals surface area contributed by atoms with Crippen molar-refractivity contribution in [2.45, 2.75) is 12.5 Å².